The quantitative estimate of drug-likeness (QED) is 0.760. The van der Waals surface area contributed by atoms with Crippen LogP contribution in [0.4, 0.5) is 0 Å². The van der Waals surface area contributed by atoms with Gasteiger partial charge in [0.15, 0.2) is 0 Å². The molecule has 0 aliphatic heterocycles. The van der Waals surface area contributed by atoms with Gasteiger partial charge in [-0.1, -0.05) is 12.1 Å². The van der Waals surface area contributed by atoms with Crippen LogP contribution in [0.2, 0.25) is 0 Å². The summed E-state index contributed by atoms with van der Waals surface area (Å²) in [5.74, 6) is 1.17. The van der Waals surface area contributed by atoms with Crippen LogP contribution < -0.4 is 10.1 Å². The third kappa shape index (κ3) is 4.64. The number of rotatable bonds is 8. The van der Waals surface area contributed by atoms with Gasteiger partial charge in [-0.2, -0.15) is 5.10 Å². The first-order valence-electron chi connectivity index (χ1n) is 9.14. The van der Waals surface area contributed by atoms with E-state index in [1.165, 1.54) is 5.56 Å². The molecular weight excluding hydrogens is 330 g/mol. The van der Waals surface area contributed by atoms with Crippen LogP contribution in [0.25, 0.3) is 0 Å². The zero-order valence-corrected chi connectivity index (χ0v) is 15.4. The molecule has 2 aromatic rings. The molecule has 1 atom stereocenters. The zero-order chi connectivity index (χ0) is 18.5. The normalized spacial score (nSPS) is 20.3. The Balaban J connectivity index is 1.51. The van der Waals surface area contributed by atoms with E-state index in [0.29, 0.717) is 6.42 Å². The molecule has 6 heteroatoms. The lowest BCUT2D eigenvalue weighted by Crippen LogP contribution is -2.41. The molecule has 140 valence electrons. The Bertz CT molecular complexity index is 720. The molecule has 1 aromatic heterocycles. The molecule has 2 N–H and O–H groups in total. The fourth-order valence-electron chi connectivity index (χ4n) is 3.47. The summed E-state index contributed by atoms with van der Waals surface area (Å²) in [7, 11) is 3.52. The number of hydrogen-bond acceptors (Lipinski definition) is 4. The molecule has 0 radical (unpaired) electrons. The van der Waals surface area contributed by atoms with Crippen molar-refractivity contribution < 1.29 is 14.6 Å². The lowest BCUT2D eigenvalue weighted by molar-refractivity contribution is -0.123. The first kappa shape index (κ1) is 18.5. The fraction of sp³-hybridized carbons (Fsp3) is 0.500. The highest BCUT2D eigenvalue weighted by Crippen LogP contribution is 2.38. The SMILES string of the molecule is COc1ccc(CCCC(=O)N[C@H](c2cnn(C)c2)C2CC(O)C2)cc1. The average Bonchev–Trinajstić information content (AvgIpc) is 3.04. The van der Waals surface area contributed by atoms with E-state index in [0.717, 1.165) is 37.0 Å². The molecule has 3 rings (SSSR count). The number of aliphatic hydroxyl groups excluding tert-OH is 1. The number of aromatic nitrogens is 2. The molecule has 26 heavy (non-hydrogen) atoms. The summed E-state index contributed by atoms with van der Waals surface area (Å²) in [6.45, 7) is 0. The van der Waals surface area contributed by atoms with E-state index in [1.807, 2.05) is 37.5 Å². The second-order valence-corrected chi connectivity index (χ2v) is 7.08. The maximum Gasteiger partial charge on any atom is 0.220 e. The largest absolute Gasteiger partial charge is 0.497 e. The van der Waals surface area contributed by atoms with E-state index in [-0.39, 0.29) is 24.0 Å². The van der Waals surface area contributed by atoms with Crippen molar-refractivity contribution in [3.8, 4) is 5.75 Å². The number of carbonyl (C=O) groups is 1. The Morgan fingerprint density at radius 3 is 2.69 bits per heavy atom. The molecule has 1 aliphatic rings. The van der Waals surface area contributed by atoms with Crippen LogP contribution in [0.5, 0.6) is 5.75 Å². The Kier molecular flexibility index (Phi) is 5.93. The number of ether oxygens (including phenoxy) is 1. The van der Waals surface area contributed by atoms with Gasteiger partial charge >= 0.3 is 0 Å². The monoisotopic (exact) mass is 357 g/mol. The van der Waals surface area contributed by atoms with Crippen molar-refractivity contribution in [3.05, 3.63) is 47.8 Å². The molecular formula is C20H27N3O3. The van der Waals surface area contributed by atoms with Gasteiger partial charge in [0.25, 0.3) is 0 Å². The standard InChI is InChI=1S/C20H27N3O3/c1-23-13-16(12-21-23)20(15-10-17(24)11-15)22-19(25)5-3-4-14-6-8-18(26-2)9-7-14/h6-9,12-13,15,17,20,24H,3-5,10-11H2,1-2H3,(H,22,25)/t15?,17?,20-/m0/s1. The van der Waals surface area contributed by atoms with Crippen LogP contribution in [-0.2, 0) is 18.3 Å². The van der Waals surface area contributed by atoms with Crippen molar-refractivity contribution in [2.75, 3.05) is 7.11 Å². The van der Waals surface area contributed by atoms with Crippen LogP contribution in [0, 0.1) is 5.92 Å². The summed E-state index contributed by atoms with van der Waals surface area (Å²) in [5.41, 5.74) is 2.21. The molecule has 0 saturated heterocycles. The van der Waals surface area contributed by atoms with E-state index in [4.69, 9.17) is 4.74 Å². The molecule has 1 aromatic carbocycles. The van der Waals surface area contributed by atoms with Crippen molar-refractivity contribution in [2.24, 2.45) is 13.0 Å². The highest BCUT2D eigenvalue weighted by Gasteiger charge is 2.36. The van der Waals surface area contributed by atoms with Crippen LogP contribution in [-0.4, -0.2) is 34.0 Å². The predicted octanol–water partition coefficient (Wildman–Crippen LogP) is 2.38. The summed E-state index contributed by atoms with van der Waals surface area (Å²) in [6.07, 6.45) is 7.09. The molecule has 1 amide bonds. The third-order valence-corrected chi connectivity index (χ3v) is 5.05. The zero-order valence-electron chi connectivity index (χ0n) is 15.4. The number of nitrogens with zero attached hydrogens (tertiary/aromatic N) is 2. The average molecular weight is 357 g/mol. The number of hydrogen-bond donors (Lipinski definition) is 2. The van der Waals surface area contributed by atoms with Gasteiger partial charge < -0.3 is 15.2 Å². The highest BCUT2D eigenvalue weighted by atomic mass is 16.5. The molecule has 0 spiro atoms. The Morgan fingerprint density at radius 1 is 1.38 bits per heavy atom. The topological polar surface area (TPSA) is 76.4 Å². The second kappa shape index (κ2) is 8.36. The maximum absolute atomic E-state index is 12.4. The molecule has 1 heterocycles. The lowest BCUT2D eigenvalue weighted by atomic mass is 9.75. The highest BCUT2D eigenvalue weighted by molar-refractivity contribution is 5.76. The Hall–Kier alpha value is -2.34. The minimum Gasteiger partial charge on any atom is -0.497 e. The summed E-state index contributed by atoms with van der Waals surface area (Å²) >= 11 is 0. The van der Waals surface area contributed by atoms with E-state index >= 15 is 0 Å². The van der Waals surface area contributed by atoms with Gasteiger partial charge in [-0.05, 0) is 49.3 Å². The van der Waals surface area contributed by atoms with Crippen molar-refractivity contribution in [2.45, 2.75) is 44.2 Å². The van der Waals surface area contributed by atoms with Crippen molar-refractivity contribution in [1.29, 1.82) is 0 Å². The van der Waals surface area contributed by atoms with E-state index in [2.05, 4.69) is 10.4 Å². The van der Waals surface area contributed by atoms with Crippen molar-refractivity contribution in [3.63, 3.8) is 0 Å². The Morgan fingerprint density at radius 2 is 2.12 bits per heavy atom. The number of amides is 1. The van der Waals surface area contributed by atoms with E-state index < -0.39 is 0 Å². The van der Waals surface area contributed by atoms with Crippen LogP contribution in [0.1, 0.15) is 42.9 Å². The van der Waals surface area contributed by atoms with Gasteiger partial charge in [-0.15, -0.1) is 0 Å². The third-order valence-electron chi connectivity index (χ3n) is 5.05. The van der Waals surface area contributed by atoms with Gasteiger partial charge in [0.05, 0.1) is 25.5 Å². The number of nitrogens with one attached hydrogen (secondary N) is 1. The molecule has 0 unspecified atom stereocenters. The van der Waals surface area contributed by atoms with Gasteiger partial charge in [0.2, 0.25) is 5.91 Å². The van der Waals surface area contributed by atoms with Crippen molar-refractivity contribution in [1.82, 2.24) is 15.1 Å². The lowest BCUT2D eigenvalue weighted by Gasteiger charge is -2.37. The van der Waals surface area contributed by atoms with Gasteiger partial charge in [-0.3, -0.25) is 9.48 Å². The summed E-state index contributed by atoms with van der Waals surface area (Å²) in [6, 6.07) is 7.88. The smallest absolute Gasteiger partial charge is 0.220 e. The molecule has 0 bridgehead atoms. The molecule has 1 aliphatic carbocycles. The second-order valence-electron chi connectivity index (χ2n) is 7.08. The van der Waals surface area contributed by atoms with Crippen LogP contribution >= 0.6 is 0 Å². The fourth-order valence-corrected chi connectivity index (χ4v) is 3.47. The van der Waals surface area contributed by atoms with Gasteiger partial charge in [0.1, 0.15) is 5.75 Å². The molecule has 1 fully saturated rings. The first-order chi connectivity index (χ1) is 12.5. The van der Waals surface area contributed by atoms with Gasteiger partial charge in [-0.25, -0.2) is 0 Å². The molecule has 6 nitrogen and oxygen atoms in total. The summed E-state index contributed by atoms with van der Waals surface area (Å²) < 4.78 is 6.90. The summed E-state index contributed by atoms with van der Waals surface area (Å²) in [4.78, 5) is 12.4. The van der Waals surface area contributed by atoms with Crippen LogP contribution in [0.3, 0.4) is 0 Å². The number of benzene rings is 1. The minimum absolute atomic E-state index is 0.0498. The van der Waals surface area contributed by atoms with Crippen molar-refractivity contribution >= 4 is 5.91 Å². The number of aliphatic hydroxyl groups is 1. The number of carbonyl (C=O) groups excluding carboxylic acids is 1. The predicted molar refractivity (Wildman–Crippen MR) is 98.8 cm³/mol. The van der Waals surface area contributed by atoms with Crippen LogP contribution in [0.15, 0.2) is 36.7 Å². The van der Waals surface area contributed by atoms with Gasteiger partial charge in [0, 0.05) is 25.2 Å². The van der Waals surface area contributed by atoms with E-state index in [1.54, 1.807) is 18.0 Å². The number of methoxy groups -OCH3 is 1. The minimum atomic E-state index is -0.244. The molecule has 1 saturated carbocycles. The first-order valence-corrected chi connectivity index (χ1v) is 9.14. The summed E-state index contributed by atoms with van der Waals surface area (Å²) in [5, 5.41) is 17.0. The maximum atomic E-state index is 12.4. The van der Waals surface area contributed by atoms with E-state index in [9.17, 15) is 9.90 Å². The number of aryl methyl sites for hydroxylation is 2. The Labute approximate surface area is 154 Å².